The molecule has 6 nitrogen and oxygen atoms in total. The molecule has 3 heterocycles. The fourth-order valence-corrected chi connectivity index (χ4v) is 3.27. The number of para-hydroxylation sites is 1. The Labute approximate surface area is 136 Å². The summed E-state index contributed by atoms with van der Waals surface area (Å²) >= 11 is 1.36. The number of carbonyl (C=O) groups is 1. The molecule has 0 saturated carbocycles. The van der Waals surface area contributed by atoms with Crippen LogP contribution in [0.4, 0.5) is 0 Å². The van der Waals surface area contributed by atoms with Crippen LogP contribution in [-0.2, 0) is 0 Å². The molecular weight excluding hydrogens is 310 g/mol. The molecule has 3 aromatic heterocycles. The van der Waals surface area contributed by atoms with Crippen LogP contribution < -0.4 is 0 Å². The summed E-state index contributed by atoms with van der Waals surface area (Å²) < 4.78 is 1.71. The largest absolute Gasteiger partial charge is 0.359 e. The highest BCUT2D eigenvalue weighted by molar-refractivity contribution is 7.99. The van der Waals surface area contributed by atoms with E-state index in [1.54, 1.807) is 16.8 Å². The van der Waals surface area contributed by atoms with E-state index in [1.165, 1.54) is 11.8 Å². The molecule has 0 unspecified atom stereocenters. The fourth-order valence-electron chi connectivity index (χ4n) is 2.44. The fraction of sp³-hybridized carbons (Fsp3) is 0.125. The van der Waals surface area contributed by atoms with Crippen molar-refractivity contribution < 1.29 is 4.79 Å². The number of Topliss-reactive ketones (excluding diaryl/α,β-unsaturated/α-hetero) is 1. The Bertz CT molecular complexity index is 1010. The van der Waals surface area contributed by atoms with E-state index in [2.05, 4.69) is 20.1 Å². The lowest BCUT2D eigenvalue weighted by atomic mass is 10.2. The summed E-state index contributed by atoms with van der Waals surface area (Å²) in [5.41, 5.74) is 2.22. The summed E-state index contributed by atoms with van der Waals surface area (Å²) in [6, 6.07) is 11.4. The van der Waals surface area contributed by atoms with Gasteiger partial charge in [0.2, 0.25) is 0 Å². The molecule has 4 rings (SSSR count). The zero-order valence-corrected chi connectivity index (χ0v) is 13.2. The molecular formula is C16H13N5OS. The average molecular weight is 323 g/mol. The van der Waals surface area contributed by atoms with E-state index >= 15 is 0 Å². The topological polar surface area (TPSA) is 75.9 Å². The minimum atomic E-state index is 0.0277. The van der Waals surface area contributed by atoms with Gasteiger partial charge in [-0.15, -0.1) is 5.10 Å². The summed E-state index contributed by atoms with van der Waals surface area (Å²) in [6.45, 7) is 1.85. The number of fused-ring (bicyclic) bond motifs is 3. The molecule has 114 valence electrons. The summed E-state index contributed by atoms with van der Waals surface area (Å²) in [7, 11) is 0. The van der Waals surface area contributed by atoms with Crippen molar-refractivity contribution in [1.82, 2.24) is 24.6 Å². The highest BCUT2D eigenvalue weighted by atomic mass is 32.2. The number of aryl methyl sites for hydroxylation is 1. The molecule has 0 aliphatic rings. The molecule has 0 spiro atoms. The van der Waals surface area contributed by atoms with Crippen LogP contribution in [0.25, 0.3) is 16.6 Å². The number of nitrogens with zero attached hydrogens (tertiary/aromatic N) is 4. The molecule has 0 radical (unpaired) electrons. The van der Waals surface area contributed by atoms with Crippen molar-refractivity contribution in [1.29, 1.82) is 0 Å². The van der Waals surface area contributed by atoms with Gasteiger partial charge in [-0.3, -0.25) is 4.79 Å². The maximum Gasteiger partial charge on any atom is 0.192 e. The first kappa shape index (κ1) is 14.0. The average Bonchev–Trinajstić information content (AvgIpc) is 3.21. The first-order valence-corrected chi connectivity index (χ1v) is 8.12. The molecule has 0 atom stereocenters. The Morgan fingerprint density at radius 3 is 2.91 bits per heavy atom. The van der Waals surface area contributed by atoms with E-state index in [9.17, 15) is 4.79 Å². The van der Waals surface area contributed by atoms with Crippen LogP contribution in [0.2, 0.25) is 0 Å². The Morgan fingerprint density at radius 2 is 2.09 bits per heavy atom. The van der Waals surface area contributed by atoms with Gasteiger partial charge in [-0.25, -0.2) is 9.97 Å². The number of ketones is 1. The molecule has 0 amide bonds. The summed E-state index contributed by atoms with van der Waals surface area (Å²) in [5, 5.41) is 6.02. The van der Waals surface area contributed by atoms with Gasteiger partial charge in [0, 0.05) is 11.6 Å². The number of hydrogen-bond donors (Lipinski definition) is 1. The third-order valence-electron chi connectivity index (χ3n) is 3.49. The van der Waals surface area contributed by atoms with E-state index < -0.39 is 0 Å². The zero-order valence-electron chi connectivity index (χ0n) is 12.4. The predicted molar refractivity (Wildman–Crippen MR) is 88.9 cm³/mol. The quantitative estimate of drug-likeness (QED) is 0.355. The van der Waals surface area contributed by atoms with Gasteiger partial charge in [0.15, 0.2) is 16.6 Å². The Balaban J connectivity index is 1.74. The second-order valence-corrected chi connectivity index (χ2v) is 6.04. The van der Waals surface area contributed by atoms with Gasteiger partial charge in [-0.2, -0.15) is 4.52 Å². The van der Waals surface area contributed by atoms with Crippen LogP contribution in [-0.4, -0.2) is 36.1 Å². The smallest absolute Gasteiger partial charge is 0.192 e. The van der Waals surface area contributed by atoms with Gasteiger partial charge < -0.3 is 4.98 Å². The lowest BCUT2D eigenvalue weighted by molar-refractivity contribution is 0.101. The van der Waals surface area contributed by atoms with Gasteiger partial charge >= 0.3 is 0 Å². The third kappa shape index (κ3) is 2.49. The summed E-state index contributed by atoms with van der Waals surface area (Å²) in [4.78, 5) is 24.2. The number of nitrogens with one attached hydrogen (secondary N) is 1. The van der Waals surface area contributed by atoms with E-state index in [4.69, 9.17) is 0 Å². The van der Waals surface area contributed by atoms with Crippen LogP contribution in [0.3, 0.4) is 0 Å². The number of hydrogen-bond acceptors (Lipinski definition) is 5. The van der Waals surface area contributed by atoms with Crippen LogP contribution in [0.1, 0.15) is 16.3 Å². The normalized spacial score (nSPS) is 11.3. The van der Waals surface area contributed by atoms with Gasteiger partial charge in [-0.1, -0.05) is 23.9 Å². The molecule has 7 heteroatoms. The first-order valence-electron chi connectivity index (χ1n) is 7.14. The minimum absolute atomic E-state index is 0.0277. The molecule has 0 aliphatic carbocycles. The van der Waals surface area contributed by atoms with Crippen molar-refractivity contribution in [2.24, 2.45) is 0 Å². The number of rotatable bonds is 4. The van der Waals surface area contributed by atoms with Gasteiger partial charge in [0.25, 0.3) is 0 Å². The summed E-state index contributed by atoms with van der Waals surface area (Å²) in [5.74, 6) is 1.00. The second-order valence-electron chi connectivity index (χ2n) is 5.10. The molecule has 23 heavy (non-hydrogen) atoms. The monoisotopic (exact) mass is 323 g/mol. The van der Waals surface area contributed by atoms with E-state index in [0.717, 1.165) is 16.6 Å². The van der Waals surface area contributed by atoms with Gasteiger partial charge in [-0.05, 0) is 31.2 Å². The van der Waals surface area contributed by atoms with Crippen molar-refractivity contribution >= 4 is 34.1 Å². The van der Waals surface area contributed by atoms with Gasteiger partial charge in [0.1, 0.15) is 5.82 Å². The summed E-state index contributed by atoms with van der Waals surface area (Å²) in [6.07, 6.45) is 1.74. The standard InChI is InChI=1S/C16H13N5OS/c1-10-18-15-11-5-2-3-6-12(11)19-16(21(15)20-10)23-9-14(22)13-7-4-8-17-13/h2-8,17H,9H2,1H3. The van der Waals surface area contributed by atoms with Crippen molar-refractivity contribution in [3.05, 3.63) is 54.1 Å². The van der Waals surface area contributed by atoms with Gasteiger partial charge in [0.05, 0.1) is 17.0 Å². The van der Waals surface area contributed by atoms with E-state index in [1.807, 2.05) is 37.3 Å². The van der Waals surface area contributed by atoms with Crippen molar-refractivity contribution in [2.45, 2.75) is 12.1 Å². The maximum absolute atomic E-state index is 12.2. The molecule has 1 aromatic carbocycles. The SMILES string of the molecule is Cc1nc2c3ccccc3nc(SCC(=O)c3ccc[nH]3)n2n1. The first-order chi connectivity index (χ1) is 11.2. The molecule has 0 fully saturated rings. The van der Waals surface area contributed by atoms with Crippen molar-refractivity contribution in [3.8, 4) is 0 Å². The van der Waals surface area contributed by atoms with Crippen LogP contribution in [0, 0.1) is 6.92 Å². The number of thioether (sulfide) groups is 1. The zero-order chi connectivity index (χ0) is 15.8. The highest BCUT2D eigenvalue weighted by Crippen LogP contribution is 2.24. The van der Waals surface area contributed by atoms with Crippen LogP contribution in [0.15, 0.2) is 47.8 Å². The Hall–Kier alpha value is -2.67. The number of benzene rings is 1. The number of carbonyl (C=O) groups excluding carboxylic acids is 1. The predicted octanol–water partition coefficient (Wildman–Crippen LogP) is 2.89. The lowest BCUT2D eigenvalue weighted by Crippen LogP contribution is -2.05. The third-order valence-corrected chi connectivity index (χ3v) is 4.41. The lowest BCUT2D eigenvalue weighted by Gasteiger charge is -2.05. The second kappa shape index (κ2) is 5.51. The molecule has 0 bridgehead atoms. The van der Waals surface area contributed by atoms with Crippen LogP contribution >= 0.6 is 11.8 Å². The number of aromatic amines is 1. The van der Waals surface area contributed by atoms with E-state index in [0.29, 0.717) is 22.4 Å². The molecule has 4 aromatic rings. The maximum atomic E-state index is 12.2. The van der Waals surface area contributed by atoms with Crippen LogP contribution in [0.5, 0.6) is 0 Å². The highest BCUT2D eigenvalue weighted by Gasteiger charge is 2.14. The number of H-pyrrole nitrogens is 1. The molecule has 0 saturated heterocycles. The minimum Gasteiger partial charge on any atom is -0.359 e. The molecule has 1 N–H and O–H groups in total. The van der Waals surface area contributed by atoms with E-state index in [-0.39, 0.29) is 5.78 Å². The Kier molecular flexibility index (Phi) is 3.34. The Morgan fingerprint density at radius 1 is 1.22 bits per heavy atom. The van der Waals surface area contributed by atoms with Crippen molar-refractivity contribution in [3.63, 3.8) is 0 Å². The number of aromatic nitrogens is 5. The molecule has 0 aliphatic heterocycles. The van der Waals surface area contributed by atoms with Crippen molar-refractivity contribution in [2.75, 3.05) is 5.75 Å².